The molecule has 0 spiro atoms. The van der Waals surface area contributed by atoms with Gasteiger partial charge in [0.05, 0.1) is 23.9 Å². The van der Waals surface area contributed by atoms with Crippen molar-refractivity contribution in [2.45, 2.75) is 13.3 Å². The second kappa shape index (κ2) is 10.5. The average Bonchev–Trinajstić information content (AvgIpc) is 3.68. The van der Waals surface area contributed by atoms with E-state index in [0.29, 0.717) is 21.9 Å². The van der Waals surface area contributed by atoms with Gasteiger partial charge in [0, 0.05) is 22.9 Å². The molecule has 0 bridgehead atoms. The molecule has 0 aliphatic heterocycles. The van der Waals surface area contributed by atoms with Crippen molar-refractivity contribution >= 4 is 22.4 Å². The topological polar surface area (TPSA) is 83.5 Å². The van der Waals surface area contributed by atoms with Crippen LogP contribution in [0.2, 0.25) is 0 Å². The van der Waals surface area contributed by atoms with Gasteiger partial charge in [-0.15, -0.1) is 5.10 Å². The summed E-state index contributed by atoms with van der Waals surface area (Å²) in [4.78, 5) is 18.5. The Labute approximate surface area is 228 Å². The lowest BCUT2D eigenvalue weighted by Gasteiger charge is -2.04. The molecule has 6 aromatic rings. The van der Waals surface area contributed by atoms with Crippen LogP contribution in [-0.4, -0.2) is 38.1 Å². The first-order valence-electron chi connectivity index (χ1n) is 12.6. The van der Waals surface area contributed by atoms with Gasteiger partial charge < -0.3 is 9.47 Å². The molecule has 0 aliphatic rings. The van der Waals surface area contributed by atoms with Gasteiger partial charge in [-0.2, -0.15) is 14.6 Å². The maximum absolute atomic E-state index is 13.3. The van der Waals surface area contributed by atoms with Crippen LogP contribution in [0.25, 0.3) is 39.4 Å². The van der Waals surface area contributed by atoms with Gasteiger partial charge >= 0.3 is 0 Å². The maximum Gasteiger partial charge on any atom is 0.291 e. The summed E-state index contributed by atoms with van der Waals surface area (Å²) in [7, 11) is 1.64. The van der Waals surface area contributed by atoms with Gasteiger partial charge in [-0.25, -0.2) is 4.68 Å². The van der Waals surface area contributed by atoms with Gasteiger partial charge in [0.2, 0.25) is 4.96 Å². The van der Waals surface area contributed by atoms with E-state index in [-0.39, 0.29) is 5.56 Å². The Morgan fingerprint density at radius 3 is 2.31 bits per heavy atom. The van der Waals surface area contributed by atoms with E-state index in [1.807, 2.05) is 95.8 Å². The van der Waals surface area contributed by atoms with Crippen molar-refractivity contribution < 1.29 is 9.47 Å². The van der Waals surface area contributed by atoms with Gasteiger partial charge in [-0.05, 0) is 73.2 Å². The molecule has 3 aromatic heterocycles. The first-order valence-corrected chi connectivity index (χ1v) is 13.4. The lowest BCUT2D eigenvalue weighted by molar-refractivity contribution is 0.317. The molecule has 194 valence electrons. The first kappa shape index (κ1) is 24.6. The van der Waals surface area contributed by atoms with Crippen LogP contribution < -0.4 is 19.6 Å². The van der Waals surface area contributed by atoms with E-state index in [1.165, 1.54) is 15.9 Å². The minimum absolute atomic E-state index is 0.218. The van der Waals surface area contributed by atoms with E-state index < -0.39 is 0 Å². The zero-order chi connectivity index (χ0) is 26.8. The Balaban J connectivity index is 1.40. The van der Waals surface area contributed by atoms with Crippen LogP contribution in [0.5, 0.6) is 11.5 Å². The van der Waals surface area contributed by atoms with E-state index in [1.54, 1.807) is 7.11 Å². The van der Waals surface area contributed by atoms with Gasteiger partial charge in [-0.3, -0.25) is 4.79 Å². The number of hydrogen-bond acceptors (Lipinski definition) is 7. The van der Waals surface area contributed by atoms with Crippen molar-refractivity contribution in [1.82, 2.24) is 24.4 Å². The molecule has 9 heteroatoms. The third-order valence-electron chi connectivity index (χ3n) is 6.18. The molecule has 3 aromatic carbocycles. The predicted octanol–water partition coefficient (Wildman–Crippen LogP) is 5.02. The molecule has 3 heterocycles. The maximum atomic E-state index is 13.3. The number of aromatic nitrogens is 5. The molecule has 0 amide bonds. The summed E-state index contributed by atoms with van der Waals surface area (Å²) >= 11 is 1.30. The number of methoxy groups -OCH3 is 1. The fourth-order valence-corrected chi connectivity index (χ4v) is 5.10. The van der Waals surface area contributed by atoms with Gasteiger partial charge in [0.25, 0.3) is 5.56 Å². The Morgan fingerprint density at radius 1 is 0.897 bits per heavy atom. The molecule has 0 N–H and O–H groups in total. The number of rotatable bonds is 8. The molecule has 39 heavy (non-hydrogen) atoms. The Bertz CT molecular complexity index is 1840. The lowest BCUT2D eigenvalue weighted by atomic mass is 10.1. The second-order valence-corrected chi connectivity index (χ2v) is 9.87. The number of benzene rings is 3. The van der Waals surface area contributed by atoms with Gasteiger partial charge in [0.15, 0.2) is 5.82 Å². The minimum Gasteiger partial charge on any atom is -0.497 e. The van der Waals surface area contributed by atoms with Gasteiger partial charge in [-0.1, -0.05) is 36.5 Å². The number of thiazole rings is 1. The third kappa shape index (κ3) is 4.92. The monoisotopic (exact) mass is 535 g/mol. The number of ether oxygens (including phenoxy) is 2. The summed E-state index contributed by atoms with van der Waals surface area (Å²) in [5, 5.41) is 9.35. The smallest absolute Gasteiger partial charge is 0.291 e. The standard InChI is InChI=1S/C30H25N5O3S/c1-3-17-38-25-15-11-21(12-16-25)28-31-30-35(33-28)29(36)26(39-30)18-22-19-34(23-7-5-4-6-8-23)32-27(22)20-9-13-24(37-2)14-10-20/h4-16,18-19H,3,17H2,1-2H3. The molecule has 8 nitrogen and oxygen atoms in total. The van der Waals surface area contributed by atoms with Crippen LogP contribution in [0.3, 0.4) is 0 Å². The molecule has 0 fully saturated rings. The summed E-state index contributed by atoms with van der Waals surface area (Å²) in [5.74, 6) is 2.06. The molecule has 0 saturated carbocycles. The highest BCUT2D eigenvalue weighted by molar-refractivity contribution is 7.15. The average molecular weight is 536 g/mol. The summed E-state index contributed by atoms with van der Waals surface area (Å²) in [5.41, 5.74) is 4.01. The van der Waals surface area contributed by atoms with E-state index in [2.05, 4.69) is 17.0 Å². The highest BCUT2D eigenvalue weighted by Gasteiger charge is 2.15. The summed E-state index contributed by atoms with van der Waals surface area (Å²) in [6.45, 7) is 2.73. The third-order valence-corrected chi connectivity index (χ3v) is 7.14. The van der Waals surface area contributed by atoms with E-state index in [0.717, 1.165) is 46.0 Å². The Kier molecular flexibility index (Phi) is 6.64. The SMILES string of the molecule is CCCOc1ccc(-c2nc3sc(=Cc4cn(-c5ccccc5)nc4-c4ccc(OC)cc4)c(=O)n3n2)cc1. The molecule has 0 atom stereocenters. The lowest BCUT2D eigenvalue weighted by Crippen LogP contribution is -2.23. The number of fused-ring (bicyclic) bond motifs is 1. The molecule has 0 aliphatic carbocycles. The highest BCUT2D eigenvalue weighted by atomic mass is 32.1. The van der Waals surface area contributed by atoms with Crippen molar-refractivity contribution in [2.75, 3.05) is 13.7 Å². The molecule has 0 unspecified atom stereocenters. The van der Waals surface area contributed by atoms with Crippen LogP contribution >= 0.6 is 11.3 Å². The number of hydrogen-bond donors (Lipinski definition) is 0. The zero-order valence-electron chi connectivity index (χ0n) is 21.4. The van der Waals surface area contributed by atoms with Gasteiger partial charge in [0.1, 0.15) is 17.2 Å². The van der Waals surface area contributed by atoms with Crippen LogP contribution in [0.4, 0.5) is 0 Å². The summed E-state index contributed by atoms with van der Waals surface area (Å²) < 4.78 is 14.7. The van der Waals surface area contributed by atoms with Crippen molar-refractivity contribution in [3.63, 3.8) is 0 Å². The summed E-state index contributed by atoms with van der Waals surface area (Å²) in [6.07, 6.45) is 4.73. The number of para-hydroxylation sites is 1. The van der Waals surface area contributed by atoms with E-state index in [9.17, 15) is 4.79 Å². The molecule has 0 saturated heterocycles. The quantitative estimate of drug-likeness (QED) is 0.272. The van der Waals surface area contributed by atoms with Crippen LogP contribution in [0.15, 0.2) is 89.9 Å². The molecule has 6 rings (SSSR count). The summed E-state index contributed by atoms with van der Waals surface area (Å²) in [6, 6.07) is 25.2. The van der Waals surface area contributed by atoms with Crippen molar-refractivity contribution in [3.05, 3.63) is 106 Å². The molecular formula is C30H25N5O3S. The minimum atomic E-state index is -0.218. The largest absolute Gasteiger partial charge is 0.497 e. The zero-order valence-corrected chi connectivity index (χ0v) is 22.3. The van der Waals surface area contributed by atoms with E-state index >= 15 is 0 Å². The molecule has 0 radical (unpaired) electrons. The van der Waals surface area contributed by atoms with Crippen LogP contribution in [0, 0.1) is 0 Å². The fourth-order valence-electron chi connectivity index (χ4n) is 4.20. The van der Waals surface area contributed by atoms with Crippen molar-refractivity contribution in [2.24, 2.45) is 0 Å². The van der Waals surface area contributed by atoms with Crippen molar-refractivity contribution in [1.29, 1.82) is 0 Å². The first-order chi connectivity index (χ1) is 19.1. The van der Waals surface area contributed by atoms with Crippen LogP contribution in [0.1, 0.15) is 18.9 Å². The van der Waals surface area contributed by atoms with Crippen molar-refractivity contribution in [3.8, 4) is 39.8 Å². The van der Waals surface area contributed by atoms with Crippen LogP contribution in [-0.2, 0) is 0 Å². The predicted molar refractivity (Wildman–Crippen MR) is 153 cm³/mol. The molecular weight excluding hydrogens is 510 g/mol. The number of nitrogens with zero attached hydrogens (tertiary/aromatic N) is 5. The fraction of sp³-hybridized carbons (Fsp3) is 0.133. The van der Waals surface area contributed by atoms with E-state index in [4.69, 9.17) is 14.6 Å². The Hall–Kier alpha value is -4.76. The Morgan fingerprint density at radius 2 is 1.62 bits per heavy atom. The second-order valence-electron chi connectivity index (χ2n) is 8.86. The highest BCUT2D eigenvalue weighted by Crippen LogP contribution is 2.27. The normalized spacial score (nSPS) is 11.8.